The van der Waals surface area contributed by atoms with Gasteiger partial charge in [0.15, 0.2) is 5.13 Å². The number of anilines is 3. The second-order valence-electron chi connectivity index (χ2n) is 6.41. The number of carbonyl (C=O) groups is 2. The first-order chi connectivity index (χ1) is 14.0. The normalized spacial score (nSPS) is 10.3. The molecule has 2 aromatic carbocycles. The summed E-state index contributed by atoms with van der Waals surface area (Å²) < 4.78 is 4.69. The molecule has 0 fully saturated rings. The predicted molar refractivity (Wildman–Crippen MR) is 116 cm³/mol. The summed E-state index contributed by atoms with van der Waals surface area (Å²) in [6.45, 7) is 4.42. The third kappa shape index (κ3) is 5.32. The molecule has 0 atom stereocenters. The first kappa shape index (κ1) is 20.3. The maximum Gasteiger partial charge on any atom is 0.411 e. The molecule has 8 heteroatoms. The van der Waals surface area contributed by atoms with E-state index in [1.165, 1.54) is 18.4 Å². The zero-order valence-corrected chi connectivity index (χ0v) is 17.2. The number of para-hydroxylation sites is 1. The summed E-state index contributed by atoms with van der Waals surface area (Å²) in [7, 11) is 1.27. The lowest BCUT2D eigenvalue weighted by Crippen LogP contribution is -2.18. The molecule has 3 N–H and O–H groups in total. The highest BCUT2D eigenvalue weighted by Gasteiger charge is 2.16. The number of rotatable bonds is 6. The zero-order valence-electron chi connectivity index (χ0n) is 16.4. The first-order valence-electron chi connectivity index (χ1n) is 8.97. The fourth-order valence-electron chi connectivity index (χ4n) is 2.71. The van der Waals surface area contributed by atoms with Crippen LogP contribution in [0.25, 0.3) is 0 Å². The van der Waals surface area contributed by atoms with Crippen molar-refractivity contribution in [2.45, 2.75) is 20.4 Å². The van der Waals surface area contributed by atoms with Gasteiger partial charge in [0.25, 0.3) is 5.91 Å². The monoisotopic (exact) mass is 410 g/mol. The SMILES string of the molecule is COC(=O)Nc1cc(CNc2ccccc2C)ccc1C(=O)Nc1nc(C)cs1. The van der Waals surface area contributed by atoms with Gasteiger partial charge in [-0.15, -0.1) is 11.3 Å². The zero-order chi connectivity index (χ0) is 20.8. The van der Waals surface area contributed by atoms with Gasteiger partial charge in [0, 0.05) is 17.6 Å². The molecule has 0 aliphatic rings. The minimum Gasteiger partial charge on any atom is -0.453 e. The highest BCUT2D eigenvalue weighted by molar-refractivity contribution is 7.13. The van der Waals surface area contributed by atoms with Gasteiger partial charge in [0.2, 0.25) is 0 Å². The van der Waals surface area contributed by atoms with Crippen LogP contribution in [0.4, 0.5) is 21.3 Å². The molecule has 0 aliphatic carbocycles. The molecule has 7 nitrogen and oxygen atoms in total. The Labute approximate surface area is 173 Å². The molecule has 1 aromatic heterocycles. The van der Waals surface area contributed by atoms with Gasteiger partial charge in [0.1, 0.15) is 0 Å². The summed E-state index contributed by atoms with van der Waals surface area (Å²) in [6.07, 6.45) is -0.645. The number of ether oxygens (including phenoxy) is 1. The van der Waals surface area contributed by atoms with Crippen molar-refractivity contribution in [3.8, 4) is 0 Å². The Hall–Kier alpha value is -3.39. The fraction of sp³-hybridized carbons (Fsp3) is 0.190. The molecule has 0 unspecified atom stereocenters. The predicted octanol–water partition coefficient (Wildman–Crippen LogP) is 4.80. The van der Waals surface area contributed by atoms with Crippen LogP contribution in [-0.4, -0.2) is 24.1 Å². The standard InChI is InChI=1S/C21H22N4O3S/c1-13-6-4-5-7-17(13)22-11-15-8-9-16(18(10-15)24-21(27)28-3)19(26)25-20-23-14(2)12-29-20/h4-10,12,22H,11H2,1-3H3,(H,24,27)(H,23,25,26). The van der Waals surface area contributed by atoms with E-state index < -0.39 is 6.09 Å². The smallest absolute Gasteiger partial charge is 0.411 e. The maximum atomic E-state index is 12.7. The number of carbonyl (C=O) groups excluding carboxylic acids is 2. The lowest BCUT2D eigenvalue weighted by atomic mass is 10.1. The molecule has 2 amide bonds. The van der Waals surface area contributed by atoms with E-state index in [0.717, 1.165) is 22.5 Å². The van der Waals surface area contributed by atoms with Crippen LogP contribution in [0, 0.1) is 13.8 Å². The van der Waals surface area contributed by atoms with Crippen LogP contribution in [-0.2, 0) is 11.3 Å². The maximum absolute atomic E-state index is 12.7. The molecule has 3 aromatic rings. The van der Waals surface area contributed by atoms with Crippen LogP contribution in [0.5, 0.6) is 0 Å². The van der Waals surface area contributed by atoms with E-state index in [9.17, 15) is 9.59 Å². The van der Waals surface area contributed by atoms with E-state index >= 15 is 0 Å². The Morgan fingerprint density at radius 2 is 1.86 bits per heavy atom. The highest BCUT2D eigenvalue weighted by atomic mass is 32.1. The number of aryl methyl sites for hydroxylation is 2. The van der Waals surface area contributed by atoms with Crippen LogP contribution < -0.4 is 16.0 Å². The summed E-state index contributed by atoms with van der Waals surface area (Å²) in [4.78, 5) is 28.7. The van der Waals surface area contributed by atoms with E-state index in [4.69, 9.17) is 0 Å². The Morgan fingerprint density at radius 3 is 2.55 bits per heavy atom. The number of hydrogen-bond acceptors (Lipinski definition) is 6. The summed E-state index contributed by atoms with van der Waals surface area (Å²) >= 11 is 1.34. The molecular weight excluding hydrogens is 388 g/mol. The number of benzene rings is 2. The highest BCUT2D eigenvalue weighted by Crippen LogP contribution is 2.23. The molecule has 0 spiro atoms. The molecule has 1 heterocycles. The molecule has 0 bridgehead atoms. The van der Waals surface area contributed by atoms with Crippen LogP contribution >= 0.6 is 11.3 Å². The molecule has 150 valence electrons. The van der Waals surface area contributed by atoms with Crippen LogP contribution in [0.2, 0.25) is 0 Å². The topological polar surface area (TPSA) is 92.4 Å². The van der Waals surface area contributed by atoms with Gasteiger partial charge >= 0.3 is 6.09 Å². The minimum absolute atomic E-state index is 0.322. The third-order valence-electron chi connectivity index (χ3n) is 4.22. The second kappa shape index (κ2) is 9.20. The number of nitrogens with one attached hydrogen (secondary N) is 3. The van der Waals surface area contributed by atoms with Crippen LogP contribution in [0.3, 0.4) is 0 Å². The largest absolute Gasteiger partial charge is 0.453 e. The Morgan fingerprint density at radius 1 is 1.07 bits per heavy atom. The van der Waals surface area contributed by atoms with Crippen molar-refractivity contribution >= 4 is 39.8 Å². The van der Waals surface area contributed by atoms with Crippen LogP contribution in [0.15, 0.2) is 47.8 Å². The molecule has 0 saturated heterocycles. The van der Waals surface area contributed by atoms with Gasteiger partial charge < -0.3 is 10.1 Å². The molecule has 3 rings (SSSR count). The number of thiazole rings is 1. The molecule has 0 radical (unpaired) electrons. The van der Waals surface area contributed by atoms with Gasteiger partial charge in [-0.3, -0.25) is 15.4 Å². The van der Waals surface area contributed by atoms with Gasteiger partial charge in [-0.1, -0.05) is 24.3 Å². The number of aromatic nitrogens is 1. The third-order valence-corrected chi connectivity index (χ3v) is 5.09. The van der Waals surface area contributed by atoms with E-state index in [0.29, 0.717) is 22.9 Å². The summed E-state index contributed by atoms with van der Waals surface area (Å²) in [5, 5.41) is 11.1. The molecule has 0 aliphatic heterocycles. The van der Waals surface area contributed by atoms with E-state index in [2.05, 4.69) is 25.7 Å². The Bertz CT molecular complexity index is 1030. The number of nitrogens with zero attached hydrogens (tertiary/aromatic N) is 1. The van der Waals surface area contributed by atoms with Gasteiger partial charge in [-0.05, 0) is 43.2 Å². The quantitative estimate of drug-likeness (QED) is 0.543. The Balaban J connectivity index is 1.81. The number of hydrogen-bond donors (Lipinski definition) is 3. The Kier molecular flexibility index (Phi) is 6.46. The van der Waals surface area contributed by atoms with Crippen molar-refractivity contribution in [1.29, 1.82) is 0 Å². The fourth-order valence-corrected chi connectivity index (χ4v) is 3.39. The average molecular weight is 410 g/mol. The number of amides is 2. The summed E-state index contributed by atoms with van der Waals surface area (Å²) in [5.41, 5.74) is 4.58. The van der Waals surface area contributed by atoms with E-state index in [1.807, 2.05) is 49.6 Å². The van der Waals surface area contributed by atoms with Crippen molar-refractivity contribution < 1.29 is 14.3 Å². The van der Waals surface area contributed by atoms with Crippen LogP contribution in [0.1, 0.15) is 27.2 Å². The van der Waals surface area contributed by atoms with Crippen molar-refractivity contribution in [3.05, 3.63) is 70.2 Å². The molecular formula is C21H22N4O3S. The number of methoxy groups -OCH3 is 1. The van der Waals surface area contributed by atoms with Gasteiger partial charge in [0.05, 0.1) is 24.1 Å². The molecule has 0 saturated carbocycles. The van der Waals surface area contributed by atoms with E-state index in [1.54, 1.807) is 12.1 Å². The van der Waals surface area contributed by atoms with Crippen molar-refractivity contribution in [2.24, 2.45) is 0 Å². The minimum atomic E-state index is -0.645. The summed E-state index contributed by atoms with van der Waals surface area (Å²) in [5.74, 6) is -0.357. The van der Waals surface area contributed by atoms with Crippen molar-refractivity contribution in [2.75, 3.05) is 23.1 Å². The lowest BCUT2D eigenvalue weighted by molar-refractivity contribution is 0.102. The average Bonchev–Trinajstić information content (AvgIpc) is 3.11. The first-order valence-corrected chi connectivity index (χ1v) is 9.85. The van der Waals surface area contributed by atoms with E-state index in [-0.39, 0.29) is 5.91 Å². The van der Waals surface area contributed by atoms with Crippen molar-refractivity contribution in [1.82, 2.24) is 4.98 Å². The van der Waals surface area contributed by atoms with Gasteiger partial charge in [-0.2, -0.15) is 0 Å². The summed E-state index contributed by atoms with van der Waals surface area (Å²) in [6, 6.07) is 13.3. The van der Waals surface area contributed by atoms with Gasteiger partial charge in [-0.25, -0.2) is 9.78 Å². The molecule has 29 heavy (non-hydrogen) atoms. The second-order valence-corrected chi connectivity index (χ2v) is 7.27. The van der Waals surface area contributed by atoms with Crippen molar-refractivity contribution in [3.63, 3.8) is 0 Å². The lowest BCUT2D eigenvalue weighted by Gasteiger charge is -2.14.